The summed E-state index contributed by atoms with van der Waals surface area (Å²) < 4.78 is 5.39. The molecular formula is C23H26N2O3. The van der Waals surface area contributed by atoms with E-state index >= 15 is 0 Å². The molecule has 3 rings (SSSR count). The van der Waals surface area contributed by atoms with Crippen LogP contribution in [-0.2, 0) is 20.7 Å². The summed E-state index contributed by atoms with van der Waals surface area (Å²) in [7, 11) is 0. The summed E-state index contributed by atoms with van der Waals surface area (Å²) in [6.07, 6.45) is 2.93. The van der Waals surface area contributed by atoms with Crippen LogP contribution >= 0.6 is 0 Å². The molecule has 28 heavy (non-hydrogen) atoms. The molecule has 0 saturated heterocycles. The minimum atomic E-state index is -0.805. The van der Waals surface area contributed by atoms with Gasteiger partial charge >= 0.3 is 5.97 Å². The van der Waals surface area contributed by atoms with Crippen molar-refractivity contribution in [3.8, 4) is 0 Å². The zero-order valence-corrected chi connectivity index (χ0v) is 16.4. The number of likely N-dealkylation sites (N-methyl/N-ethyl adjacent to an activating group) is 1. The molecule has 1 aromatic heterocycles. The highest BCUT2D eigenvalue weighted by Gasteiger charge is 2.23. The first-order valence-electron chi connectivity index (χ1n) is 9.71. The fourth-order valence-electron chi connectivity index (χ4n) is 3.36. The fourth-order valence-corrected chi connectivity index (χ4v) is 3.36. The zero-order valence-electron chi connectivity index (χ0n) is 16.4. The van der Waals surface area contributed by atoms with Gasteiger partial charge in [-0.25, -0.2) is 0 Å². The Labute approximate surface area is 165 Å². The Kier molecular flexibility index (Phi) is 6.48. The lowest BCUT2D eigenvalue weighted by molar-refractivity contribution is -0.154. The van der Waals surface area contributed by atoms with Gasteiger partial charge in [0.15, 0.2) is 6.10 Å². The topological polar surface area (TPSA) is 62.4 Å². The molecule has 0 bridgehead atoms. The third-order valence-corrected chi connectivity index (χ3v) is 4.81. The third-order valence-electron chi connectivity index (χ3n) is 4.81. The molecule has 1 heterocycles. The molecule has 1 atom stereocenters. The van der Waals surface area contributed by atoms with Crippen molar-refractivity contribution in [3.63, 3.8) is 0 Å². The van der Waals surface area contributed by atoms with E-state index in [-0.39, 0.29) is 18.3 Å². The normalized spacial score (nSPS) is 11.9. The van der Waals surface area contributed by atoms with Crippen LogP contribution in [0, 0.1) is 0 Å². The summed E-state index contributed by atoms with van der Waals surface area (Å²) in [6, 6.07) is 17.5. The number of H-pyrrole nitrogens is 1. The van der Waals surface area contributed by atoms with Crippen LogP contribution in [0.25, 0.3) is 10.9 Å². The molecule has 5 nitrogen and oxygen atoms in total. The molecule has 0 aliphatic heterocycles. The molecule has 5 heteroatoms. The number of aromatic amines is 1. The molecule has 0 radical (unpaired) electrons. The van der Waals surface area contributed by atoms with E-state index in [0.717, 1.165) is 17.6 Å². The second kappa shape index (κ2) is 9.22. The summed E-state index contributed by atoms with van der Waals surface area (Å²) in [6.45, 7) is 4.05. The van der Waals surface area contributed by atoms with Gasteiger partial charge in [-0.15, -0.1) is 0 Å². The van der Waals surface area contributed by atoms with Gasteiger partial charge in [-0.3, -0.25) is 9.59 Å². The highest BCUT2D eigenvalue weighted by atomic mass is 16.5. The van der Waals surface area contributed by atoms with E-state index in [1.165, 1.54) is 10.9 Å². The highest BCUT2D eigenvalue weighted by molar-refractivity contribution is 5.97. The molecule has 3 aromatic rings. The van der Waals surface area contributed by atoms with Crippen LogP contribution in [0.5, 0.6) is 0 Å². The lowest BCUT2D eigenvalue weighted by atomic mass is 10.1. The van der Waals surface area contributed by atoms with E-state index in [0.29, 0.717) is 13.0 Å². The van der Waals surface area contributed by atoms with Crippen molar-refractivity contribution in [2.45, 2.75) is 39.2 Å². The van der Waals surface area contributed by atoms with Crippen molar-refractivity contribution >= 4 is 28.5 Å². The first-order chi connectivity index (χ1) is 13.6. The van der Waals surface area contributed by atoms with Gasteiger partial charge in [0, 0.05) is 35.8 Å². The second-order valence-electron chi connectivity index (χ2n) is 6.76. The van der Waals surface area contributed by atoms with Crippen molar-refractivity contribution in [1.29, 1.82) is 0 Å². The van der Waals surface area contributed by atoms with Crippen LogP contribution in [0.2, 0.25) is 0 Å². The predicted octanol–water partition coefficient (Wildman–Crippen LogP) is 4.48. The Bertz CT molecular complexity index is 933. The number of anilines is 1. The number of rotatable bonds is 8. The minimum Gasteiger partial charge on any atom is -0.453 e. The van der Waals surface area contributed by atoms with Crippen molar-refractivity contribution in [1.82, 2.24) is 4.98 Å². The molecule has 0 fully saturated rings. The van der Waals surface area contributed by atoms with Crippen LogP contribution < -0.4 is 4.90 Å². The van der Waals surface area contributed by atoms with Crippen LogP contribution in [0.4, 0.5) is 5.69 Å². The van der Waals surface area contributed by atoms with Crippen LogP contribution in [0.3, 0.4) is 0 Å². The molecule has 0 aliphatic carbocycles. The number of esters is 1. The molecular weight excluding hydrogens is 352 g/mol. The molecule has 1 amide bonds. The number of ether oxygens (including phenoxy) is 1. The lowest BCUT2D eigenvalue weighted by Gasteiger charge is -2.24. The number of nitrogens with one attached hydrogen (secondary N) is 1. The first-order valence-corrected chi connectivity index (χ1v) is 9.71. The summed E-state index contributed by atoms with van der Waals surface area (Å²) in [5.41, 5.74) is 3.09. The van der Waals surface area contributed by atoms with E-state index in [4.69, 9.17) is 4.74 Å². The SMILES string of the molecule is CCN(C(=O)[C@@H](C)OC(=O)CCCc1c[nH]c2ccccc12)c1ccccc1. The molecule has 0 saturated carbocycles. The zero-order chi connectivity index (χ0) is 19.9. The van der Waals surface area contributed by atoms with Crippen LogP contribution in [0.15, 0.2) is 60.8 Å². The van der Waals surface area contributed by atoms with E-state index < -0.39 is 6.10 Å². The first kappa shape index (κ1) is 19.7. The van der Waals surface area contributed by atoms with Gasteiger partial charge in [-0.1, -0.05) is 36.4 Å². The van der Waals surface area contributed by atoms with Gasteiger partial charge in [0.2, 0.25) is 0 Å². The largest absolute Gasteiger partial charge is 0.453 e. The highest BCUT2D eigenvalue weighted by Crippen LogP contribution is 2.20. The number of hydrogen-bond acceptors (Lipinski definition) is 3. The lowest BCUT2D eigenvalue weighted by Crippen LogP contribution is -2.40. The maximum Gasteiger partial charge on any atom is 0.306 e. The van der Waals surface area contributed by atoms with Crippen LogP contribution in [-0.4, -0.2) is 29.5 Å². The second-order valence-corrected chi connectivity index (χ2v) is 6.76. The average molecular weight is 378 g/mol. The molecule has 0 aliphatic rings. The number of aryl methyl sites for hydroxylation is 1. The van der Waals surface area contributed by atoms with E-state index in [1.807, 2.05) is 61.7 Å². The van der Waals surface area contributed by atoms with Crippen molar-refractivity contribution in [2.75, 3.05) is 11.4 Å². The van der Waals surface area contributed by atoms with Gasteiger partial charge in [-0.05, 0) is 50.5 Å². The quantitative estimate of drug-likeness (QED) is 0.588. The average Bonchev–Trinajstić information content (AvgIpc) is 3.12. The Balaban J connectivity index is 1.50. The summed E-state index contributed by atoms with van der Waals surface area (Å²) in [5, 5.41) is 1.18. The number of fused-ring (bicyclic) bond motifs is 1. The van der Waals surface area contributed by atoms with E-state index in [2.05, 4.69) is 11.1 Å². The van der Waals surface area contributed by atoms with Gasteiger partial charge in [0.1, 0.15) is 0 Å². The number of carbonyl (C=O) groups excluding carboxylic acids is 2. The van der Waals surface area contributed by atoms with Gasteiger partial charge < -0.3 is 14.6 Å². The molecule has 146 valence electrons. The third kappa shape index (κ3) is 4.60. The van der Waals surface area contributed by atoms with Gasteiger partial charge in [0.05, 0.1) is 0 Å². The minimum absolute atomic E-state index is 0.210. The summed E-state index contributed by atoms with van der Waals surface area (Å²) in [5.74, 6) is -0.552. The molecule has 1 N–H and O–H groups in total. The molecule has 0 spiro atoms. The maximum atomic E-state index is 12.7. The standard InChI is InChI=1S/C23H26N2O3/c1-3-25(19-11-5-4-6-12-19)23(27)17(2)28-22(26)15-9-10-18-16-24-21-14-8-7-13-20(18)21/h4-8,11-14,16-17,24H,3,9-10,15H2,1-2H3/t17-/m1/s1. The molecule has 2 aromatic carbocycles. The number of amides is 1. The Hall–Kier alpha value is -3.08. The Morgan fingerprint density at radius 1 is 1.07 bits per heavy atom. The Morgan fingerprint density at radius 2 is 1.79 bits per heavy atom. The number of hydrogen-bond donors (Lipinski definition) is 1. The smallest absolute Gasteiger partial charge is 0.306 e. The number of aromatic nitrogens is 1. The molecule has 0 unspecified atom stereocenters. The number of carbonyl (C=O) groups is 2. The van der Waals surface area contributed by atoms with E-state index in [9.17, 15) is 9.59 Å². The number of benzene rings is 2. The fraction of sp³-hybridized carbons (Fsp3) is 0.304. The summed E-state index contributed by atoms with van der Waals surface area (Å²) >= 11 is 0. The monoisotopic (exact) mass is 378 g/mol. The number of nitrogens with zero attached hydrogens (tertiary/aromatic N) is 1. The van der Waals surface area contributed by atoms with Crippen molar-refractivity contribution in [3.05, 3.63) is 66.4 Å². The maximum absolute atomic E-state index is 12.7. The Morgan fingerprint density at radius 3 is 2.54 bits per heavy atom. The van der Waals surface area contributed by atoms with Crippen LogP contribution in [0.1, 0.15) is 32.3 Å². The number of para-hydroxylation sites is 2. The van der Waals surface area contributed by atoms with Crippen molar-refractivity contribution < 1.29 is 14.3 Å². The predicted molar refractivity (Wildman–Crippen MR) is 111 cm³/mol. The van der Waals surface area contributed by atoms with Gasteiger partial charge in [-0.2, -0.15) is 0 Å². The van der Waals surface area contributed by atoms with E-state index in [1.54, 1.807) is 11.8 Å². The van der Waals surface area contributed by atoms with Gasteiger partial charge in [0.25, 0.3) is 5.91 Å². The summed E-state index contributed by atoms with van der Waals surface area (Å²) in [4.78, 5) is 29.7. The van der Waals surface area contributed by atoms with Crippen molar-refractivity contribution in [2.24, 2.45) is 0 Å².